The normalized spacial score (nSPS) is 15.4. The van der Waals surface area contributed by atoms with Crippen molar-refractivity contribution in [1.82, 2.24) is 9.97 Å². The van der Waals surface area contributed by atoms with E-state index < -0.39 is 9.84 Å². The smallest absolute Gasteiger partial charge is 0.275 e. The lowest BCUT2D eigenvalue weighted by Crippen LogP contribution is -2.18. The maximum atomic E-state index is 12.5. The van der Waals surface area contributed by atoms with Gasteiger partial charge in [0.25, 0.3) is 5.91 Å². The fourth-order valence-corrected chi connectivity index (χ4v) is 4.68. The van der Waals surface area contributed by atoms with Gasteiger partial charge in [-0.25, -0.2) is 13.4 Å². The molecule has 1 aliphatic carbocycles. The van der Waals surface area contributed by atoms with E-state index >= 15 is 0 Å². The van der Waals surface area contributed by atoms with E-state index in [2.05, 4.69) is 15.3 Å². The molecule has 0 atom stereocenters. The van der Waals surface area contributed by atoms with Crippen LogP contribution in [0.1, 0.15) is 41.9 Å². The highest BCUT2D eigenvalue weighted by molar-refractivity contribution is 7.92. The van der Waals surface area contributed by atoms with Crippen LogP contribution in [0.5, 0.6) is 0 Å². The molecule has 7 heteroatoms. The Labute approximate surface area is 141 Å². The highest BCUT2D eigenvalue weighted by Gasteiger charge is 2.30. The number of aromatic nitrogens is 2. The number of amides is 1. The van der Waals surface area contributed by atoms with E-state index in [0.717, 1.165) is 31.4 Å². The first-order chi connectivity index (χ1) is 11.5. The van der Waals surface area contributed by atoms with Crippen molar-refractivity contribution in [3.8, 4) is 0 Å². The molecule has 0 bridgehead atoms. The van der Waals surface area contributed by atoms with Gasteiger partial charge in [-0.15, -0.1) is 0 Å². The van der Waals surface area contributed by atoms with Crippen LogP contribution in [0.15, 0.2) is 41.6 Å². The third kappa shape index (κ3) is 3.46. The van der Waals surface area contributed by atoms with E-state index in [0.29, 0.717) is 10.6 Å². The standard InChI is InChI=1S/C17H19N3O3S/c1-12-10-19-16(11-18-12)17(21)20-13-6-8-15(9-7-13)24(22,23)14-4-2-3-5-14/h6-11,14H,2-5H2,1H3,(H,20,21). The lowest BCUT2D eigenvalue weighted by molar-refractivity contribution is 0.102. The number of anilines is 1. The zero-order valence-electron chi connectivity index (χ0n) is 13.4. The van der Waals surface area contributed by atoms with E-state index in [9.17, 15) is 13.2 Å². The summed E-state index contributed by atoms with van der Waals surface area (Å²) in [4.78, 5) is 20.4. The van der Waals surface area contributed by atoms with Crippen LogP contribution in [0.3, 0.4) is 0 Å². The summed E-state index contributed by atoms with van der Waals surface area (Å²) in [6.07, 6.45) is 6.32. The zero-order valence-corrected chi connectivity index (χ0v) is 14.2. The first-order valence-corrected chi connectivity index (χ1v) is 9.45. The molecule has 1 aromatic carbocycles. The monoisotopic (exact) mass is 345 g/mol. The highest BCUT2D eigenvalue weighted by atomic mass is 32.2. The van der Waals surface area contributed by atoms with Crippen LogP contribution in [0.4, 0.5) is 5.69 Å². The maximum absolute atomic E-state index is 12.5. The quantitative estimate of drug-likeness (QED) is 0.920. The highest BCUT2D eigenvalue weighted by Crippen LogP contribution is 2.30. The molecule has 1 saturated carbocycles. The van der Waals surface area contributed by atoms with Gasteiger partial charge in [0.1, 0.15) is 5.69 Å². The van der Waals surface area contributed by atoms with E-state index in [4.69, 9.17) is 0 Å². The molecular formula is C17H19N3O3S. The summed E-state index contributed by atoms with van der Waals surface area (Å²) in [5, 5.41) is 2.41. The Kier molecular flexibility index (Phi) is 4.62. The summed E-state index contributed by atoms with van der Waals surface area (Å²) >= 11 is 0. The summed E-state index contributed by atoms with van der Waals surface area (Å²) in [6, 6.07) is 6.29. The van der Waals surface area contributed by atoms with Gasteiger partial charge in [0.2, 0.25) is 0 Å². The SMILES string of the molecule is Cc1cnc(C(=O)Nc2ccc(S(=O)(=O)C3CCCC3)cc2)cn1. The van der Waals surface area contributed by atoms with Crippen LogP contribution >= 0.6 is 0 Å². The van der Waals surface area contributed by atoms with Gasteiger partial charge in [0.15, 0.2) is 9.84 Å². The second-order valence-corrected chi connectivity index (χ2v) is 8.20. The number of sulfone groups is 1. The summed E-state index contributed by atoms with van der Waals surface area (Å²) < 4.78 is 25.0. The van der Waals surface area contributed by atoms with E-state index in [-0.39, 0.29) is 16.9 Å². The van der Waals surface area contributed by atoms with E-state index in [1.807, 2.05) is 0 Å². The van der Waals surface area contributed by atoms with Crippen molar-refractivity contribution >= 4 is 21.4 Å². The van der Waals surface area contributed by atoms with Crippen molar-refractivity contribution in [3.05, 3.63) is 48.0 Å². The number of benzene rings is 1. The molecule has 2 aromatic rings. The number of rotatable bonds is 4. The molecule has 0 aliphatic heterocycles. The van der Waals surface area contributed by atoms with Gasteiger partial charge in [0, 0.05) is 11.9 Å². The number of carbonyl (C=O) groups is 1. The first kappa shape index (κ1) is 16.6. The summed E-state index contributed by atoms with van der Waals surface area (Å²) in [6.45, 7) is 1.79. The molecule has 0 saturated heterocycles. The molecule has 6 nitrogen and oxygen atoms in total. The molecular weight excluding hydrogens is 326 g/mol. The summed E-state index contributed by atoms with van der Waals surface area (Å²) in [7, 11) is -3.28. The second-order valence-electron chi connectivity index (χ2n) is 5.97. The molecule has 1 aliphatic rings. The van der Waals surface area contributed by atoms with Crippen molar-refractivity contribution in [2.24, 2.45) is 0 Å². The average Bonchev–Trinajstić information content (AvgIpc) is 3.11. The van der Waals surface area contributed by atoms with Crippen molar-refractivity contribution in [2.45, 2.75) is 42.8 Å². The molecule has 126 valence electrons. The van der Waals surface area contributed by atoms with Crippen molar-refractivity contribution in [3.63, 3.8) is 0 Å². The number of nitrogens with zero attached hydrogens (tertiary/aromatic N) is 2. The summed E-state index contributed by atoms with van der Waals surface area (Å²) in [5.41, 5.74) is 1.46. The molecule has 1 fully saturated rings. The Bertz CT molecular complexity index is 824. The van der Waals surface area contributed by atoms with Crippen molar-refractivity contribution in [1.29, 1.82) is 0 Å². The number of hydrogen-bond acceptors (Lipinski definition) is 5. The topological polar surface area (TPSA) is 89.0 Å². The van der Waals surface area contributed by atoms with Gasteiger partial charge in [0.05, 0.1) is 22.0 Å². The minimum atomic E-state index is -3.28. The Balaban J connectivity index is 1.72. The largest absolute Gasteiger partial charge is 0.321 e. The Morgan fingerprint density at radius 1 is 1.08 bits per heavy atom. The minimum absolute atomic E-state index is 0.211. The molecule has 0 radical (unpaired) electrons. The predicted molar refractivity (Wildman–Crippen MR) is 90.6 cm³/mol. The van der Waals surface area contributed by atoms with Crippen molar-refractivity contribution in [2.75, 3.05) is 5.32 Å². The van der Waals surface area contributed by atoms with Crippen LogP contribution in [0.2, 0.25) is 0 Å². The van der Waals surface area contributed by atoms with Gasteiger partial charge in [-0.2, -0.15) is 0 Å². The van der Waals surface area contributed by atoms with E-state index in [1.54, 1.807) is 31.2 Å². The molecule has 0 spiro atoms. The predicted octanol–water partition coefficient (Wildman–Crippen LogP) is 2.75. The van der Waals surface area contributed by atoms with Crippen LogP contribution in [-0.2, 0) is 9.84 Å². The third-order valence-corrected chi connectivity index (χ3v) is 6.47. The fraction of sp³-hybridized carbons (Fsp3) is 0.353. The lowest BCUT2D eigenvalue weighted by Gasteiger charge is -2.12. The molecule has 1 N–H and O–H groups in total. The Morgan fingerprint density at radius 3 is 2.33 bits per heavy atom. The molecule has 24 heavy (non-hydrogen) atoms. The van der Waals surface area contributed by atoms with Crippen LogP contribution in [0, 0.1) is 6.92 Å². The van der Waals surface area contributed by atoms with Crippen LogP contribution < -0.4 is 5.32 Å². The number of carbonyl (C=O) groups excluding carboxylic acids is 1. The van der Waals surface area contributed by atoms with Gasteiger partial charge in [-0.05, 0) is 44.0 Å². The summed E-state index contributed by atoms with van der Waals surface area (Å²) in [5.74, 6) is -0.381. The first-order valence-electron chi connectivity index (χ1n) is 7.91. The minimum Gasteiger partial charge on any atom is -0.321 e. The van der Waals surface area contributed by atoms with Crippen LogP contribution in [0.25, 0.3) is 0 Å². The van der Waals surface area contributed by atoms with Gasteiger partial charge in [-0.3, -0.25) is 9.78 Å². The molecule has 0 unspecified atom stereocenters. The Hall–Kier alpha value is -2.28. The van der Waals surface area contributed by atoms with E-state index in [1.165, 1.54) is 12.4 Å². The number of nitrogens with one attached hydrogen (secondary N) is 1. The molecule has 1 amide bonds. The molecule has 1 aromatic heterocycles. The van der Waals surface area contributed by atoms with Crippen molar-refractivity contribution < 1.29 is 13.2 Å². The second kappa shape index (κ2) is 6.68. The van der Waals surface area contributed by atoms with Crippen LogP contribution in [-0.4, -0.2) is 29.5 Å². The molecule has 1 heterocycles. The Morgan fingerprint density at radius 2 is 1.75 bits per heavy atom. The average molecular weight is 345 g/mol. The molecule has 3 rings (SSSR count). The number of aryl methyl sites for hydroxylation is 1. The van der Waals surface area contributed by atoms with Gasteiger partial charge in [-0.1, -0.05) is 12.8 Å². The van der Waals surface area contributed by atoms with Gasteiger partial charge >= 0.3 is 0 Å². The zero-order chi connectivity index (χ0) is 17.2. The fourth-order valence-electron chi connectivity index (χ4n) is 2.82. The lowest BCUT2D eigenvalue weighted by atomic mass is 10.3. The number of hydrogen-bond donors (Lipinski definition) is 1. The maximum Gasteiger partial charge on any atom is 0.275 e. The third-order valence-electron chi connectivity index (χ3n) is 4.20. The van der Waals surface area contributed by atoms with Gasteiger partial charge < -0.3 is 5.32 Å².